The zero-order valence-corrected chi connectivity index (χ0v) is 21.3. The topological polar surface area (TPSA) is 260 Å². The number of aliphatic hydroxyl groups is 10. The molecule has 14 heteroatoms. The minimum Gasteiger partial charge on any atom is -0.394 e. The van der Waals surface area contributed by atoms with E-state index in [1.54, 1.807) is 0 Å². The molecule has 2 amide bonds. The number of carbonyl (C=O) groups is 2. The maximum atomic E-state index is 12.7. The summed E-state index contributed by atoms with van der Waals surface area (Å²) in [7, 11) is 0. The summed E-state index contributed by atoms with van der Waals surface area (Å²) in [4.78, 5) is 25.4. The number of unbranched alkanes of at least 4 members (excludes halogenated alkanes) is 5. The molecule has 0 saturated heterocycles. The lowest BCUT2D eigenvalue weighted by atomic mass is 9.97. The van der Waals surface area contributed by atoms with Crippen LogP contribution in [0.2, 0.25) is 0 Å². The number of aliphatic hydroxyl groups excluding tert-OH is 10. The van der Waals surface area contributed by atoms with Gasteiger partial charge in [0.1, 0.15) is 42.5 Å². The van der Waals surface area contributed by atoms with Crippen molar-refractivity contribution in [3.63, 3.8) is 0 Å². The highest BCUT2D eigenvalue weighted by atomic mass is 16.4. The van der Waals surface area contributed by atoms with E-state index in [0.29, 0.717) is 6.42 Å². The maximum absolute atomic E-state index is 12.7. The van der Waals surface area contributed by atoms with Crippen molar-refractivity contribution >= 4 is 11.8 Å². The van der Waals surface area contributed by atoms with Crippen LogP contribution in [0, 0.1) is 5.92 Å². The number of carbonyl (C=O) groups excluding carboxylic acids is 2. The number of amides is 2. The molecule has 0 heterocycles. The fraction of sp³-hybridized carbons (Fsp3) is 0.913. The molecule has 0 aliphatic heterocycles. The van der Waals surface area contributed by atoms with Crippen LogP contribution in [0.4, 0.5) is 0 Å². The average Bonchev–Trinajstić information content (AvgIpc) is 2.90. The van der Waals surface area contributed by atoms with Gasteiger partial charge in [0.05, 0.1) is 25.4 Å². The first-order valence-corrected chi connectivity index (χ1v) is 12.6. The van der Waals surface area contributed by atoms with Crippen molar-refractivity contribution in [2.24, 2.45) is 5.92 Å². The van der Waals surface area contributed by atoms with Gasteiger partial charge < -0.3 is 61.7 Å². The van der Waals surface area contributed by atoms with Crippen LogP contribution in [0.1, 0.15) is 51.9 Å². The van der Waals surface area contributed by atoms with Crippen molar-refractivity contribution in [1.82, 2.24) is 10.6 Å². The van der Waals surface area contributed by atoms with Crippen molar-refractivity contribution < 1.29 is 60.7 Å². The number of rotatable bonds is 21. The summed E-state index contributed by atoms with van der Waals surface area (Å²) in [5.74, 6) is -2.92. The van der Waals surface area contributed by atoms with Gasteiger partial charge in [0.25, 0.3) is 0 Å². The smallest absolute Gasteiger partial charge is 0.232 e. The predicted molar refractivity (Wildman–Crippen MR) is 130 cm³/mol. The number of hydrogen-bond donors (Lipinski definition) is 12. The average molecular weight is 543 g/mol. The van der Waals surface area contributed by atoms with E-state index in [1.165, 1.54) is 0 Å². The zero-order chi connectivity index (χ0) is 28.5. The quantitative estimate of drug-likeness (QED) is 0.0483. The molecule has 0 aliphatic carbocycles. The van der Waals surface area contributed by atoms with E-state index in [9.17, 15) is 50.4 Å². The Morgan fingerprint density at radius 3 is 1.30 bits per heavy atom. The van der Waals surface area contributed by atoms with Gasteiger partial charge in [-0.25, -0.2) is 0 Å². The van der Waals surface area contributed by atoms with Crippen LogP contribution < -0.4 is 10.6 Å². The first kappa shape index (κ1) is 35.5. The van der Waals surface area contributed by atoms with Gasteiger partial charge in [-0.1, -0.05) is 45.4 Å². The SMILES string of the molecule is CCCCCCCCC(C(=O)NCC(O)C(O)C(O)C(O)CO)C(=O)NCC(O)C(O)C(O)C(O)CO. The molecule has 8 atom stereocenters. The summed E-state index contributed by atoms with van der Waals surface area (Å²) < 4.78 is 0. The Balaban J connectivity index is 5.09. The van der Waals surface area contributed by atoms with Crippen LogP contribution in [0.25, 0.3) is 0 Å². The van der Waals surface area contributed by atoms with E-state index in [4.69, 9.17) is 10.2 Å². The fourth-order valence-corrected chi connectivity index (χ4v) is 3.53. The van der Waals surface area contributed by atoms with E-state index >= 15 is 0 Å². The van der Waals surface area contributed by atoms with Crippen LogP contribution in [-0.2, 0) is 9.59 Å². The van der Waals surface area contributed by atoms with Gasteiger partial charge in [-0.15, -0.1) is 0 Å². The predicted octanol–water partition coefficient (Wildman–Crippen LogP) is -4.54. The Hall–Kier alpha value is -1.46. The van der Waals surface area contributed by atoms with Crippen molar-refractivity contribution in [2.45, 2.75) is 101 Å². The normalized spacial score (nSPS) is 19.1. The van der Waals surface area contributed by atoms with Gasteiger partial charge in [0.15, 0.2) is 0 Å². The molecule has 0 aliphatic rings. The second-order valence-corrected chi connectivity index (χ2v) is 9.20. The number of hydrogen-bond acceptors (Lipinski definition) is 12. The van der Waals surface area contributed by atoms with Crippen molar-refractivity contribution in [2.75, 3.05) is 26.3 Å². The van der Waals surface area contributed by atoms with Crippen molar-refractivity contribution in [3.05, 3.63) is 0 Å². The Bertz CT molecular complexity index is 585. The molecular weight excluding hydrogens is 496 g/mol. The Labute approximate surface area is 216 Å². The van der Waals surface area contributed by atoms with Gasteiger partial charge in [-0.05, 0) is 6.42 Å². The Morgan fingerprint density at radius 1 is 0.568 bits per heavy atom. The molecule has 0 aromatic carbocycles. The highest BCUT2D eigenvalue weighted by Crippen LogP contribution is 2.14. The largest absolute Gasteiger partial charge is 0.394 e. The lowest BCUT2D eigenvalue weighted by molar-refractivity contribution is -0.138. The lowest BCUT2D eigenvalue weighted by Crippen LogP contribution is -2.52. The summed E-state index contributed by atoms with van der Waals surface area (Å²) in [6, 6.07) is 0. The third-order valence-electron chi connectivity index (χ3n) is 6.10. The molecule has 0 bridgehead atoms. The summed E-state index contributed by atoms with van der Waals surface area (Å²) in [5, 5.41) is 100. The molecule has 0 spiro atoms. The van der Waals surface area contributed by atoms with E-state index < -0.39 is 92.9 Å². The van der Waals surface area contributed by atoms with Crippen LogP contribution in [0.3, 0.4) is 0 Å². The van der Waals surface area contributed by atoms with E-state index in [-0.39, 0.29) is 6.42 Å². The van der Waals surface area contributed by atoms with Gasteiger partial charge >= 0.3 is 0 Å². The maximum Gasteiger partial charge on any atom is 0.232 e. The van der Waals surface area contributed by atoms with Crippen molar-refractivity contribution in [1.29, 1.82) is 0 Å². The molecule has 0 aromatic rings. The molecule has 220 valence electrons. The molecule has 8 unspecified atom stereocenters. The molecule has 0 fully saturated rings. The molecular formula is C23H46N2O12. The molecule has 0 saturated carbocycles. The van der Waals surface area contributed by atoms with Crippen LogP contribution in [0.5, 0.6) is 0 Å². The summed E-state index contributed by atoms with van der Waals surface area (Å²) in [6.07, 6.45) is -9.09. The number of nitrogens with one attached hydrogen (secondary N) is 2. The first-order chi connectivity index (χ1) is 17.4. The standard InChI is InChI=1S/C23H46N2O12/c1-2-3-4-5-6-7-8-13(22(36)24-9-14(28)18(32)20(34)16(30)11-26)23(37)25-10-15(29)19(33)21(35)17(31)12-27/h13-21,26-35H,2-12H2,1H3,(H,24,36)(H,25,37). The molecule has 0 aromatic heterocycles. The monoisotopic (exact) mass is 542 g/mol. The van der Waals surface area contributed by atoms with E-state index in [1.807, 2.05) is 0 Å². The van der Waals surface area contributed by atoms with E-state index in [0.717, 1.165) is 32.1 Å². The van der Waals surface area contributed by atoms with Crippen molar-refractivity contribution in [3.8, 4) is 0 Å². The van der Waals surface area contributed by atoms with Gasteiger partial charge in [-0.3, -0.25) is 9.59 Å². The highest BCUT2D eigenvalue weighted by Gasteiger charge is 2.33. The zero-order valence-electron chi connectivity index (χ0n) is 21.3. The summed E-state index contributed by atoms with van der Waals surface area (Å²) in [6.45, 7) is -0.832. The van der Waals surface area contributed by atoms with Gasteiger partial charge in [0, 0.05) is 13.1 Å². The van der Waals surface area contributed by atoms with Gasteiger partial charge in [0.2, 0.25) is 11.8 Å². The minimum atomic E-state index is -1.90. The van der Waals surface area contributed by atoms with Crippen LogP contribution in [0.15, 0.2) is 0 Å². The van der Waals surface area contributed by atoms with Gasteiger partial charge in [-0.2, -0.15) is 0 Å². The third-order valence-corrected chi connectivity index (χ3v) is 6.10. The Kier molecular flexibility index (Phi) is 18.8. The molecule has 37 heavy (non-hydrogen) atoms. The highest BCUT2D eigenvalue weighted by molar-refractivity contribution is 6.00. The summed E-state index contributed by atoms with van der Waals surface area (Å²) >= 11 is 0. The molecule has 12 N–H and O–H groups in total. The first-order valence-electron chi connectivity index (χ1n) is 12.6. The van der Waals surface area contributed by atoms with Crippen LogP contribution in [-0.4, -0.2) is 138 Å². The Morgan fingerprint density at radius 2 is 0.919 bits per heavy atom. The fourth-order valence-electron chi connectivity index (χ4n) is 3.53. The van der Waals surface area contributed by atoms with Crippen LogP contribution >= 0.6 is 0 Å². The second kappa shape index (κ2) is 19.6. The van der Waals surface area contributed by atoms with E-state index in [2.05, 4.69) is 17.6 Å². The lowest BCUT2D eigenvalue weighted by Gasteiger charge is -2.27. The third kappa shape index (κ3) is 13.2. The summed E-state index contributed by atoms with van der Waals surface area (Å²) in [5.41, 5.74) is 0. The molecule has 14 nitrogen and oxygen atoms in total. The minimum absolute atomic E-state index is 0.110. The molecule has 0 radical (unpaired) electrons. The second-order valence-electron chi connectivity index (χ2n) is 9.20. The molecule has 0 rings (SSSR count).